The Morgan fingerprint density at radius 3 is 3.05 bits per heavy atom. The van der Waals surface area contributed by atoms with Gasteiger partial charge in [-0.15, -0.1) is 0 Å². The van der Waals surface area contributed by atoms with Crippen molar-refractivity contribution in [2.45, 2.75) is 13.0 Å². The van der Waals surface area contributed by atoms with E-state index in [1.165, 1.54) is 24.5 Å². The minimum atomic E-state index is -0.336. The molecule has 6 heteroatoms. The van der Waals surface area contributed by atoms with Crippen molar-refractivity contribution in [3.63, 3.8) is 0 Å². The summed E-state index contributed by atoms with van der Waals surface area (Å²) < 4.78 is 12.9. The van der Waals surface area contributed by atoms with Gasteiger partial charge in [-0.2, -0.15) is 5.10 Å². The van der Waals surface area contributed by atoms with Gasteiger partial charge >= 0.3 is 0 Å². The number of amides is 1. The number of H-pyrrole nitrogens is 1. The molecule has 1 aromatic carbocycles. The zero-order chi connectivity index (χ0) is 13.7. The zero-order valence-electron chi connectivity index (χ0n) is 10.3. The summed E-state index contributed by atoms with van der Waals surface area (Å²) in [5.74, 6) is -0.0433. The summed E-state index contributed by atoms with van der Waals surface area (Å²) in [7, 11) is 0. The Bertz CT molecular complexity index is 580. The Balaban J connectivity index is 1.94. The van der Waals surface area contributed by atoms with Crippen LogP contribution in [0.25, 0.3) is 6.08 Å². The molecule has 1 amide bonds. The molecular weight excluding hydrogens is 247 g/mol. The molecule has 5 nitrogen and oxygen atoms in total. The smallest absolute Gasteiger partial charge is 0.244 e. The largest absolute Gasteiger partial charge is 0.343 e. The standard InChI is InChI=1S/C13H13FN4O/c1-9(13-15-8-16-18-13)17-12(19)6-5-10-3-2-4-11(14)7-10/h2-9H,1H3,(H,17,19)(H,15,16,18)/b6-5+. The van der Waals surface area contributed by atoms with Gasteiger partial charge in [0, 0.05) is 6.08 Å². The van der Waals surface area contributed by atoms with Crippen molar-refractivity contribution in [1.29, 1.82) is 0 Å². The number of benzene rings is 1. The topological polar surface area (TPSA) is 70.7 Å². The van der Waals surface area contributed by atoms with Gasteiger partial charge in [0.2, 0.25) is 5.91 Å². The van der Waals surface area contributed by atoms with Crippen molar-refractivity contribution < 1.29 is 9.18 Å². The van der Waals surface area contributed by atoms with Gasteiger partial charge in [0.15, 0.2) is 0 Å². The van der Waals surface area contributed by atoms with Gasteiger partial charge in [0.05, 0.1) is 6.04 Å². The summed E-state index contributed by atoms with van der Waals surface area (Å²) >= 11 is 0. The fourth-order valence-electron chi connectivity index (χ4n) is 1.54. The van der Waals surface area contributed by atoms with Crippen LogP contribution in [0.15, 0.2) is 36.7 Å². The summed E-state index contributed by atoms with van der Waals surface area (Å²) in [5, 5.41) is 9.09. The second-order valence-electron chi connectivity index (χ2n) is 3.99. The van der Waals surface area contributed by atoms with E-state index in [1.807, 2.05) is 0 Å². The Kier molecular flexibility index (Phi) is 4.02. The van der Waals surface area contributed by atoms with Gasteiger partial charge in [0.25, 0.3) is 0 Å². The highest BCUT2D eigenvalue weighted by atomic mass is 19.1. The van der Waals surface area contributed by atoms with Crippen molar-refractivity contribution in [1.82, 2.24) is 20.5 Å². The Morgan fingerprint density at radius 1 is 1.53 bits per heavy atom. The molecular formula is C13H13FN4O. The highest BCUT2D eigenvalue weighted by Crippen LogP contribution is 2.06. The van der Waals surface area contributed by atoms with Gasteiger partial charge < -0.3 is 5.32 Å². The van der Waals surface area contributed by atoms with Crippen LogP contribution < -0.4 is 5.32 Å². The normalized spacial score (nSPS) is 12.5. The van der Waals surface area contributed by atoms with E-state index >= 15 is 0 Å². The van der Waals surface area contributed by atoms with Crippen LogP contribution in [0.4, 0.5) is 4.39 Å². The first-order valence-electron chi connectivity index (χ1n) is 5.74. The molecule has 0 fully saturated rings. The number of nitrogens with one attached hydrogen (secondary N) is 2. The number of hydrogen-bond acceptors (Lipinski definition) is 3. The minimum absolute atomic E-state index is 0.271. The molecule has 2 rings (SSSR count). The van der Waals surface area contributed by atoms with E-state index in [9.17, 15) is 9.18 Å². The summed E-state index contributed by atoms with van der Waals surface area (Å²) in [6.07, 6.45) is 4.27. The van der Waals surface area contributed by atoms with Gasteiger partial charge in [-0.1, -0.05) is 12.1 Å². The number of aromatic amines is 1. The molecule has 0 aliphatic rings. The summed E-state index contributed by atoms with van der Waals surface area (Å²) in [6.45, 7) is 1.79. The number of rotatable bonds is 4. The first-order valence-corrected chi connectivity index (χ1v) is 5.74. The molecule has 0 aliphatic carbocycles. The molecule has 1 atom stereocenters. The maximum atomic E-state index is 12.9. The molecule has 0 bridgehead atoms. The number of nitrogens with zero attached hydrogens (tertiary/aromatic N) is 2. The molecule has 1 aromatic heterocycles. The molecule has 0 saturated carbocycles. The summed E-state index contributed by atoms with van der Waals surface area (Å²) in [5.41, 5.74) is 0.627. The highest BCUT2D eigenvalue weighted by molar-refractivity contribution is 5.91. The molecule has 1 heterocycles. The predicted molar refractivity (Wildman–Crippen MR) is 68.4 cm³/mol. The van der Waals surface area contributed by atoms with E-state index in [0.29, 0.717) is 11.4 Å². The van der Waals surface area contributed by atoms with E-state index in [4.69, 9.17) is 0 Å². The molecule has 98 valence electrons. The van der Waals surface area contributed by atoms with Crippen LogP contribution in [0, 0.1) is 5.82 Å². The molecule has 1 unspecified atom stereocenters. The number of aromatic nitrogens is 3. The first-order chi connectivity index (χ1) is 9.15. The third-order valence-electron chi connectivity index (χ3n) is 2.48. The second-order valence-corrected chi connectivity index (χ2v) is 3.99. The van der Waals surface area contributed by atoms with Crippen LogP contribution in [-0.4, -0.2) is 21.1 Å². The Morgan fingerprint density at radius 2 is 2.37 bits per heavy atom. The van der Waals surface area contributed by atoms with E-state index in [2.05, 4.69) is 20.5 Å². The van der Waals surface area contributed by atoms with Crippen molar-refractivity contribution >= 4 is 12.0 Å². The van der Waals surface area contributed by atoms with E-state index < -0.39 is 0 Å². The fourth-order valence-corrected chi connectivity index (χ4v) is 1.54. The number of hydrogen-bond donors (Lipinski definition) is 2. The Hall–Kier alpha value is -2.50. The van der Waals surface area contributed by atoms with Crippen molar-refractivity contribution in [3.8, 4) is 0 Å². The average molecular weight is 260 g/mol. The number of halogens is 1. The van der Waals surface area contributed by atoms with Crippen LogP contribution in [-0.2, 0) is 4.79 Å². The van der Waals surface area contributed by atoms with Crippen LogP contribution in [0.5, 0.6) is 0 Å². The number of carbonyl (C=O) groups excluding carboxylic acids is 1. The van der Waals surface area contributed by atoms with Crippen LogP contribution in [0.1, 0.15) is 24.4 Å². The van der Waals surface area contributed by atoms with Gasteiger partial charge in [0.1, 0.15) is 18.0 Å². The highest BCUT2D eigenvalue weighted by Gasteiger charge is 2.09. The third-order valence-corrected chi connectivity index (χ3v) is 2.48. The quantitative estimate of drug-likeness (QED) is 0.824. The molecule has 0 spiro atoms. The lowest BCUT2D eigenvalue weighted by atomic mass is 10.2. The molecule has 2 N–H and O–H groups in total. The molecule has 0 saturated heterocycles. The lowest BCUT2D eigenvalue weighted by Crippen LogP contribution is -2.25. The molecule has 0 radical (unpaired) electrons. The second kappa shape index (κ2) is 5.90. The monoisotopic (exact) mass is 260 g/mol. The summed E-state index contributed by atoms with van der Waals surface area (Å²) in [4.78, 5) is 15.6. The number of carbonyl (C=O) groups is 1. The third kappa shape index (κ3) is 3.74. The van der Waals surface area contributed by atoms with Crippen molar-refractivity contribution in [2.75, 3.05) is 0 Å². The lowest BCUT2D eigenvalue weighted by Gasteiger charge is -2.08. The lowest BCUT2D eigenvalue weighted by molar-refractivity contribution is -0.117. The molecule has 19 heavy (non-hydrogen) atoms. The summed E-state index contributed by atoms with van der Waals surface area (Å²) in [6, 6.07) is 5.73. The van der Waals surface area contributed by atoms with Crippen LogP contribution >= 0.6 is 0 Å². The SMILES string of the molecule is CC(NC(=O)/C=C/c1cccc(F)c1)c1ncn[nH]1. The first kappa shape index (κ1) is 12.9. The zero-order valence-corrected chi connectivity index (χ0v) is 10.3. The molecule has 2 aromatic rings. The van der Waals surface area contributed by atoms with Crippen molar-refractivity contribution in [2.24, 2.45) is 0 Å². The molecule has 0 aliphatic heterocycles. The van der Waals surface area contributed by atoms with Crippen LogP contribution in [0.3, 0.4) is 0 Å². The minimum Gasteiger partial charge on any atom is -0.343 e. The van der Waals surface area contributed by atoms with Gasteiger partial charge in [-0.25, -0.2) is 9.37 Å². The van der Waals surface area contributed by atoms with Gasteiger partial charge in [-0.3, -0.25) is 9.89 Å². The van der Waals surface area contributed by atoms with Crippen molar-refractivity contribution in [3.05, 3.63) is 53.9 Å². The van der Waals surface area contributed by atoms with E-state index in [-0.39, 0.29) is 17.8 Å². The fraction of sp³-hybridized carbons (Fsp3) is 0.154. The van der Waals surface area contributed by atoms with E-state index in [0.717, 1.165) is 0 Å². The Labute approximate surface area is 109 Å². The maximum absolute atomic E-state index is 12.9. The van der Waals surface area contributed by atoms with Crippen LogP contribution in [0.2, 0.25) is 0 Å². The average Bonchev–Trinajstić information content (AvgIpc) is 2.90. The predicted octanol–water partition coefficient (Wildman–Crippen LogP) is 1.83. The van der Waals surface area contributed by atoms with E-state index in [1.54, 1.807) is 25.1 Å². The van der Waals surface area contributed by atoms with Gasteiger partial charge in [-0.05, 0) is 30.7 Å². The maximum Gasteiger partial charge on any atom is 0.244 e.